The molecule has 0 bridgehead atoms. The Kier molecular flexibility index (Phi) is 8.89. The van der Waals surface area contributed by atoms with Gasteiger partial charge in [-0.15, -0.1) is 0 Å². The highest BCUT2D eigenvalue weighted by atomic mass is 35.5. The second-order valence-electron chi connectivity index (χ2n) is 9.44. The Hall–Kier alpha value is -3.29. The van der Waals surface area contributed by atoms with Crippen LogP contribution < -0.4 is 9.47 Å². The van der Waals surface area contributed by atoms with Crippen LogP contribution in [0.5, 0.6) is 11.5 Å². The molecule has 0 unspecified atom stereocenters. The number of carbonyl (C=O) groups is 1. The molecular weight excluding hydrogens is 535 g/mol. The summed E-state index contributed by atoms with van der Waals surface area (Å²) in [6.45, 7) is 2.68. The van der Waals surface area contributed by atoms with Crippen molar-refractivity contribution >= 4 is 46.2 Å². The van der Waals surface area contributed by atoms with Gasteiger partial charge < -0.3 is 9.47 Å². The quantitative estimate of drug-likeness (QED) is 0.258. The number of benzene rings is 3. The highest BCUT2D eigenvalue weighted by Gasteiger charge is 2.38. The number of nitrogens with zero attached hydrogens (tertiary/aromatic N) is 2. The molecule has 0 aromatic heterocycles. The Bertz CT molecular complexity index is 1400. The molecule has 2 fully saturated rings. The number of rotatable bonds is 8. The van der Waals surface area contributed by atoms with Crippen LogP contribution in [0.25, 0.3) is 6.08 Å². The summed E-state index contributed by atoms with van der Waals surface area (Å²) in [6, 6.07) is 19.6. The summed E-state index contributed by atoms with van der Waals surface area (Å²) in [5.74, 6) is 0.667. The molecule has 1 aliphatic carbocycles. The number of amides is 1. The van der Waals surface area contributed by atoms with Gasteiger partial charge in [-0.25, -0.2) is 9.38 Å². The van der Waals surface area contributed by atoms with E-state index in [9.17, 15) is 9.18 Å². The molecule has 1 amide bonds. The molecule has 202 valence electrons. The maximum atomic E-state index is 14.4. The minimum atomic E-state index is -0.409. The van der Waals surface area contributed by atoms with Crippen molar-refractivity contribution in [2.24, 2.45) is 4.99 Å². The number of thioether (sulfide) groups is 1. The summed E-state index contributed by atoms with van der Waals surface area (Å²) in [7, 11) is 0. The number of amidine groups is 1. The fourth-order valence-electron chi connectivity index (χ4n) is 4.80. The van der Waals surface area contributed by atoms with E-state index in [1.54, 1.807) is 23.1 Å². The van der Waals surface area contributed by atoms with Crippen LogP contribution in [-0.2, 0) is 11.4 Å². The zero-order valence-electron chi connectivity index (χ0n) is 21.7. The topological polar surface area (TPSA) is 51.1 Å². The van der Waals surface area contributed by atoms with Crippen LogP contribution in [0.2, 0.25) is 5.02 Å². The lowest BCUT2D eigenvalue weighted by molar-refractivity contribution is -0.124. The second-order valence-corrected chi connectivity index (χ2v) is 10.9. The number of para-hydroxylation sites is 1. The van der Waals surface area contributed by atoms with Crippen molar-refractivity contribution in [2.75, 3.05) is 6.61 Å². The predicted molar refractivity (Wildman–Crippen MR) is 156 cm³/mol. The molecule has 5 rings (SSSR count). The molecule has 0 radical (unpaired) electrons. The molecule has 0 atom stereocenters. The number of halogens is 2. The van der Waals surface area contributed by atoms with Gasteiger partial charge >= 0.3 is 0 Å². The van der Waals surface area contributed by atoms with E-state index in [1.165, 1.54) is 24.2 Å². The molecule has 1 saturated heterocycles. The number of hydrogen-bond donors (Lipinski definition) is 0. The third kappa shape index (κ3) is 6.48. The van der Waals surface area contributed by atoms with Gasteiger partial charge in [0, 0.05) is 16.6 Å². The van der Waals surface area contributed by atoms with Crippen molar-refractivity contribution in [1.82, 2.24) is 4.90 Å². The van der Waals surface area contributed by atoms with E-state index in [1.807, 2.05) is 55.5 Å². The van der Waals surface area contributed by atoms with E-state index >= 15 is 0 Å². The van der Waals surface area contributed by atoms with Crippen molar-refractivity contribution < 1.29 is 18.7 Å². The Balaban J connectivity index is 1.43. The maximum Gasteiger partial charge on any atom is 0.267 e. The van der Waals surface area contributed by atoms with E-state index < -0.39 is 5.82 Å². The molecular formula is C31H30ClFN2O3S. The van der Waals surface area contributed by atoms with Crippen molar-refractivity contribution in [3.05, 3.63) is 93.6 Å². The Morgan fingerprint density at radius 3 is 2.56 bits per heavy atom. The van der Waals surface area contributed by atoms with Crippen molar-refractivity contribution in [3.63, 3.8) is 0 Å². The van der Waals surface area contributed by atoms with E-state index in [2.05, 4.69) is 4.99 Å². The molecule has 3 aromatic carbocycles. The number of ether oxygens (including phenoxy) is 2. The van der Waals surface area contributed by atoms with Gasteiger partial charge in [-0.1, -0.05) is 67.3 Å². The van der Waals surface area contributed by atoms with Crippen LogP contribution in [0, 0.1) is 5.82 Å². The molecule has 1 aliphatic heterocycles. The largest absolute Gasteiger partial charge is 0.490 e. The lowest BCUT2D eigenvalue weighted by atomic mass is 9.94. The standard InChI is InChI=1S/C31H30ClFN2O3S/c1-2-37-28-18-21(16-17-27(28)38-20-22-10-6-7-13-24(22)32)19-29-30(36)35(23-11-4-3-5-12-23)31(39-29)34-26-15-9-8-14-25(26)33/h6-10,13-19,23H,2-5,11-12,20H2,1H3/b29-19-,34-31?. The first-order valence-corrected chi connectivity index (χ1v) is 14.4. The van der Waals surface area contributed by atoms with Gasteiger partial charge in [-0.05, 0) is 73.5 Å². The number of carbonyl (C=O) groups excluding carboxylic acids is 1. The van der Waals surface area contributed by atoms with Crippen LogP contribution >= 0.6 is 23.4 Å². The van der Waals surface area contributed by atoms with E-state index in [0.717, 1.165) is 36.8 Å². The summed E-state index contributed by atoms with van der Waals surface area (Å²) in [4.78, 5) is 20.6. The molecule has 0 spiro atoms. The third-order valence-corrected chi connectivity index (χ3v) is 8.10. The fourth-order valence-corrected chi connectivity index (χ4v) is 6.04. The molecule has 2 aliphatic rings. The number of aliphatic imine (C=N–C) groups is 1. The van der Waals surface area contributed by atoms with Crippen LogP contribution in [0.1, 0.15) is 50.2 Å². The third-order valence-electron chi connectivity index (χ3n) is 6.75. The summed E-state index contributed by atoms with van der Waals surface area (Å²) in [5.41, 5.74) is 1.91. The average Bonchev–Trinajstić information content (AvgIpc) is 3.25. The zero-order valence-corrected chi connectivity index (χ0v) is 23.3. The SMILES string of the molecule is CCOc1cc(/C=C2\SC(=Nc3ccccc3F)N(C3CCCCC3)C2=O)ccc1OCc1ccccc1Cl. The first kappa shape index (κ1) is 27.3. The highest BCUT2D eigenvalue weighted by Crippen LogP contribution is 2.39. The summed E-state index contributed by atoms with van der Waals surface area (Å²) in [5, 5.41) is 1.16. The van der Waals surface area contributed by atoms with E-state index in [-0.39, 0.29) is 17.6 Å². The minimum absolute atomic E-state index is 0.0646. The monoisotopic (exact) mass is 564 g/mol. The Labute approximate surface area is 237 Å². The van der Waals surface area contributed by atoms with Crippen LogP contribution in [0.15, 0.2) is 76.6 Å². The lowest BCUT2D eigenvalue weighted by Gasteiger charge is -2.30. The van der Waals surface area contributed by atoms with Gasteiger partial charge in [-0.3, -0.25) is 9.69 Å². The normalized spacial score (nSPS) is 18.2. The first-order valence-electron chi connectivity index (χ1n) is 13.2. The second kappa shape index (κ2) is 12.7. The van der Waals surface area contributed by atoms with Gasteiger partial charge in [-0.2, -0.15) is 0 Å². The lowest BCUT2D eigenvalue weighted by Crippen LogP contribution is -2.40. The zero-order chi connectivity index (χ0) is 27.2. The molecule has 39 heavy (non-hydrogen) atoms. The molecule has 3 aromatic rings. The molecule has 8 heteroatoms. The summed E-state index contributed by atoms with van der Waals surface area (Å²) in [6.07, 6.45) is 6.98. The Morgan fingerprint density at radius 1 is 1.03 bits per heavy atom. The van der Waals surface area contributed by atoms with Crippen molar-refractivity contribution in [1.29, 1.82) is 0 Å². The molecule has 0 N–H and O–H groups in total. The van der Waals surface area contributed by atoms with Crippen LogP contribution in [0.3, 0.4) is 0 Å². The van der Waals surface area contributed by atoms with Crippen molar-refractivity contribution in [3.8, 4) is 11.5 Å². The predicted octanol–water partition coefficient (Wildman–Crippen LogP) is 8.39. The highest BCUT2D eigenvalue weighted by molar-refractivity contribution is 8.18. The van der Waals surface area contributed by atoms with Crippen LogP contribution in [0.4, 0.5) is 10.1 Å². The van der Waals surface area contributed by atoms with Gasteiger partial charge in [0.15, 0.2) is 16.7 Å². The minimum Gasteiger partial charge on any atom is -0.490 e. The molecule has 1 heterocycles. The first-order chi connectivity index (χ1) is 19.0. The van der Waals surface area contributed by atoms with Gasteiger partial charge in [0.25, 0.3) is 5.91 Å². The van der Waals surface area contributed by atoms with Gasteiger partial charge in [0.1, 0.15) is 18.1 Å². The van der Waals surface area contributed by atoms with Gasteiger partial charge in [0.05, 0.1) is 11.5 Å². The van der Waals surface area contributed by atoms with Gasteiger partial charge in [0.2, 0.25) is 0 Å². The summed E-state index contributed by atoms with van der Waals surface area (Å²) >= 11 is 7.56. The van der Waals surface area contributed by atoms with Crippen molar-refractivity contribution in [2.45, 2.75) is 51.7 Å². The Morgan fingerprint density at radius 2 is 1.79 bits per heavy atom. The molecule has 5 nitrogen and oxygen atoms in total. The smallest absolute Gasteiger partial charge is 0.267 e. The summed E-state index contributed by atoms with van der Waals surface area (Å²) < 4.78 is 26.3. The fraction of sp³-hybridized carbons (Fsp3) is 0.290. The number of hydrogen-bond acceptors (Lipinski definition) is 5. The molecule has 1 saturated carbocycles. The van der Waals surface area contributed by atoms with E-state index in [0.29, 0.717) is 39.8 Å². The van der Waals surface area contributed by atoms with Crippen LogP contribution in [-0.4, -0.2) is 28.6 Å². The van der Waals surface area contributed by atoms with E-state index in [4.69, 9.17) is 21.1 Å². The maximum absolute atomic E-state index is 14.4. The average molecular weight is 565 g/mol.